The molecule has 1 saturated heterocycles. The van der Waals surface area contributed by atoms with Crippen LogP contribution in [0, 0.1) is 5.92 Å². The van der Waals surface area contributed by atoms with E-state index in [1.54, 1.807) is 6.07 Å². The number of alkyl halides is 3. The van der Waals surface area contributed by atoms with Crippen LogP contribution in [0.5, 0.6) is 5.88 Å². The number of halogens is 3. The number of guanidine groups is 1. The van der Waals surface area contributed by atoms with E-state index in [9.17, 15) is 13.2 Å². The van der Waals surface area contributed by atoms with Gasteiger partial charge in [0.2, 0.25) is 5.88 Å². The van der Waals surface area contributed by atoms with Gasteiger partial charge in [-0.25, -0.2) is 9.98 Å². The highest BCUT2D eigenvalue weighted by Gasteiger charge is 2.28. The maximum absolute atomic E-state index is 12.3. The lowest BCUT2D eigenvalue weighted by molar-refractivity contribution is -0.154. The maximum atomic E-state index is 12.3. The standard InChI is InChI=1S/C20H31F3N4O3/c1-2-24-19(26-7-3-9-29-14-16-5-10-28-11-6-16)27-13-17-4-8-25-18(12-17)30-15-20(21,22)23/h4,8,12,16H,2-3,5-7,9-11,13-15H2,1H3,(H2,24,26,27). The number of hydrogen-bond acceptors (Lipinski definition) is 5. The molecule has 0 aliphatic carbocycles. The molecule has 2 heterocycles. The van der Waals surface area contributed by atoms with E-state index >= 15 is 0 Å². The summed E-state index contributed by atoms with van der Waals surface area (Å²) in [5.74, 6) is 1.16. The molecule has 2 rings (SSSR count). The molecule has 30 heavy (non-hydrogen) atoms. The van der Waals surface area contributed by atoms with Crippen molar-refractivity contribution < 1.29 is 27.4 Å². The summed E-state index contributed by atoms with van der Waals surface area (Å²) in [6, 6.07) is 3.15. The Bertz CT molecular complexity index is 638. The lowest BCUT2D eigenvalue weighted by Crippen LogP contribution is -2.38. The van der Waals surface area contributed by atoms with Crippen molar-refractivity contribution in [3.8, 4) is 5.88 Å². The lowest BCUT2D eigenvalue weighted by Gasteiger charge is -2.21. The number of hydrogen-bond donors (Lipinski definition) is 2. The van der Waals surface area contributed by atoms with Crippen LogP contribution in [-0.2, 0) is 16.0 Å². The van der Waals surface area contributed by atoms with E-state index in [-0.39, 0.29) is 5.88 Å². The molecule has 7 nitrogen and oxygen atoms in total. The number of ether oxygens (including phenoxy) is 3. The van der Waals surface area contributed by atoms with Crippen molar-refractivity contribution in [2.24, 2.45) is 10.9 Å². The Morgan fingerprint density at radius 3 is 2.83 bits per heavy atom. The van der Waals surface area contributed by atoms with Crippen LogP contribution in [0.2, 0.25) is 0 Å². The molecule has 2 N–H and O–H groups in total. The summed E-state index contributed by atoms with van der Waals surface area (Å²) in [4.78, 5) is 8.25. The van der Waals surface area contributed by atoms with E-state index < -0.39 is 12.8 Å². The van der Waals surface area contributed by atoms with Gasteiger partial charge in [0.15, 0.2) is 12.6 Å². The smallest absolute Gasteiger partial charge is 0.422 e. The SMILES string of the molecule is CCNC(=NCc1ccnc(OCC(F)(F)F)c1)NCCCOCC1CCOCC1. The van der Waals surface area contributed by atoms with Crippen LogP contribution in [0.1, 0.15) is 31.7 Å². The average Bonchev–Trinajstić information content (AvgIpc) is 2.73. The van der Waals surface area contributed by atoms with Crippen LogP contribution in [0.25, 0.3) is 0 Å². The number of aliphatic imine (C=N–C) groups is 1. The van der Waals surface area contributed by atoms with E-state index in [1.165, 1.54) is 12.3 Å². The summed E-state index contributed by atoms with van der Waals surface area (Å²) in [7, 11) is 0. The summed E-state index contributed by atoms with van der Waals surface area (Å²) in [6.07, 6.45) is -0.0155. The Kier molecular flexibility index (Phi) is 10.7. The minimum absolute atomic E-state index is 0.0698. The predicted molar refractivity (Wildman–Crippen MR) is 108 cm³/mol. The molecule has 0 aromatic carbocycles. The molecule has 0 bridgehead atoms. The Morgan fingerprint density at radius 2 is 2.10 bits per heavy atom. The monoisotopic (exact) mass is 432 g/mol. The molecule has 0 spiro atoms. The van der Waals surface area contributed by atoms with Crippen LogP contribution < -0.4 is 15.4 Å². The van der Waals surface area contributed by atoms with Gasteiger partial charge in [0.25, 0.3) is 0 Å². The summed E-state index contributed by atoms with van der Waals surface area (Å²) >= 11 is 0. The van der Waals surface area contributed by atoms with E-state index in [4.69, 9.17) is 9.47 Å². The Balaban J connectivity index is 1.70. The van der Waals surface area contributed by atoms with Gasteiger partial charge < -0.3 is 24.8 Å². The van der Waals surface area contributed by atoms with Crippen molar-refractivity contribution in [3.05, 3.63) is 23.9 Å². The highest BCUT2D eigenvalue weighted by atomic mass is 19.4. The molecule has 0 radical (unpaired) electrons. The Labute approximate surface area is 175 Å². The van der Waals surface area contributed by atoms with Crippen molar-refractivity contribution in [1.29, 1.82) is 0 Å². The number of nitrogens with zero attached hydrogens (tertiary/aromatic N) is 2. The molecule has 0 saturated carbocycles. The number of pyridine rings is 1. The van der Waals surface area contributed by atoms with E-state index in [2.05, 4.69) is 25.3 Å². The first-order chi connectivity index (χ1) is 14.5. The van der Waals surface area contributed by atoms with Gasteiger partial charge >= 0.3 is 6.18 Å². The molecule has 1 aromatic heterocycles. The highest BCUT2D eigenvalue weighted by molar-refractivity contribution is 5.79. The fourth-order valence-corrected chi connectivity index (χ4v) is 2.84. The number of nitrogens with one attached hydrogen (secondary N) is 2. The van der Waals surface area contributed by atoms with E-state index in [1.807, 2.05) is 6.92 Å². The fourth-order valence-electron chi connectivity index (χ4n) is 2.84. The quantitative estimate of drug-likeness (QED) is 0.318. The number of rotatable bonds is 11. The maximum Gasteiger partial charge on any atom is 0.422 e. The summed E-state index contributed by atoms with van der Waals surface area (Å²) in [5.41, 5.74) is 0.708. The minimum atomic E-state index is -4.40. The molecule has 0 amide bonds. The molecule has 1 aliphatic heterocycles. The van der Waals surface area contributed by atoms with Gasteiger partial charge in [-0.15, -0.1) is 0 Å². The van der Waals surface area contributed by atoms with Gasteiger partial charge in [-0.05, 0) is 43.7 Å². The zero-order chi connectivity index (χ0) is 21.7. The van der Waals surface area contributed by atoms with Crippen molar-refractivity contribution in [2.45, 2.75) is 38.9 Å². The van der Waals surface area contributed by atoms with Crippen LogP contribution in [0.4, 0.5) is 13.2 Å². The van der Waals surface area contributed by atoms with Crippen LogP contribution in [0.15, 0.2) is 23.3 Å². The average molecular weight is 432 g/mol. The second kappa shape index (κ2) is 13.3. The van der Waals surface area contributed by atoms with Crippen molar-refractivity contribution in [1.82, 2.24) is 15.6 Å². The lowest BCUT2D eigenvalue weighted by atomic mass is 10.0. The van der Waals surface area contributed by atoms with E-state index in [0.29, 0.717) is 43.7 Å². The molecule has 1 aliphatic rings. The van der Waals surface area contributed by atoms with Gasteiger partial charge in [0, 0.05) is 51.8 Å². The molecular formula is C20H31F3N4O3. The van der Waals surface area contributed by atoms with Gasteiger partial charge in [-0.2, -0.15) is 13.2 Å². The Hall–Kier alpha value is -2.07. The van der Waals surface area contributed by atoms with Crippen LogP contribution >= 0.6 is 0 Å². The van der Waals surface area contributed by atoms with Gasteiger partial charge in [0.05, 0.1) is 6.54 Å². The summed E-state index contributed by atoms with van der Waals surface area (Å²) < 4.78 is 52.6. The first-order valence-electron chi connectivity index (χ1n) is 10.3. The van der Waals surface area contributed by atoms with Crippen molar-refractivity contribution in [2.75, 3.05) is 46.1 Å². The third-order valence-electron chi connectivity index (χ3n) is 4.40. The second-order valence-corrected chi connectivity index (χ2v) is 7.01. The number of aromatic nitrogens is 1. The van der Waals surface area contributed by atoms with E-state index in [0.717, 1.165) is 39.1 Å². The first-order valence-corrected chi connectivity index (χ1v) is 10.3. The summed E-state index contributed by atoms with van der Waals surface area (Å²) in [5, 5.41) is 6.38. The first kappa shape index (κ1) is 24.2. The highest BCUT2D eigenvalue weighted by Crippen LogP contribution is 2.18. The van der Waals surface area contributed by atoms with Crippen molar-refractivity contribution in [3.63, 3.8) is 0 Å². The molecular weight excluding hydrogens is 401 g/mol. The topological polar surface area (TPSA) is 77.0 Å². The van der Waals surface area contributed by atoms with Crippen LogP contribution in [-0.4, -0.2) is 63.2 Å². The normalized spacial score (nSPS) is 15.8. The van der Waals surface area contributed by atoms with Crippen molar-refractivity contribution >= 4 is 5.96 Å². The molecule has 0 atom stereocenters. The van der Waals surface area contributed by atoms with Gasteiger partial charge in [-0.1, -0.05) is 0 Å². The largest absolute Gasteiger partial charge is 0.468 e. The zero-order valence-electron chi connectivity index (χ0n) is 17.3. The predicted octanol–water partition coefficient (Wildman–Crippen LogP) is 2.91. The third kappa shape index (κ3) is 10.6. The fraction of sp³-hybridized carbons (Fsp3) is 0.700. The second-order valence-electron chi connectivity index (χ2n) is 7.01. The molecule has 10 heteroatoms. The molecule has 0 unspecified atom stereocenters. The Morgan fingerprint density at radius 1 is 1.30 bits per heavy atom. The molecule has 170 valence electrons. The molecule has 1 aromatic rings. The minimum Gasteiger partial charge on any atom is -0.468 e. The van der Waals surface area contributed by atoms with Gasteiger partial charge in [-0.3, -0.25) is 0 Å². The third-order valence-corrected chi connectivity index (χ3v) is 4.40. The summed E-state index contributed by atoms with van der Waals surface area (Å²) in [6.45, 7) is 5.39. The van der Waals surface area contributed by atoms with Crippen LogP contribution in [0.3, 0.4) is 0 Å². The molecule has 1 fully saturated rings. The zero-order valence-corrected chi connectivity index (χ0v) is 17.3. The van der Waals surface area contributed by atoms with Gasteiger partial charge in [0.1, 0.15) is 0 Å².